The molecule has 1 heteroatoms. The summed E-state index contributed by atoms with van der Waals surface area (Å²) in [4.78, 5) is 0. The first-order valence-electron chi connectivity index (χ1n) is 5.96. The van der Waals surface area contributed by atoms with E-state index in [0.717, 1.165) is 13.1 Å². The van der Waals surface area contributed by atoms with Crippen molar-refractivity contribution in [3.05, 3.63) is 34.4 Å². The zero-order chi connectivity index (χ0) is 11.0. The average Bonchev–Trinajstić information content (AvgIpc) is 2.63. The van der Waals surface area contributed by atoms with E-state index in [1.54, 1.807) is 11.1 Å². The van der Waals surface area contributed by atoms with Gasteiger partial charge in [0.05, 0.1) is 0 Å². The van der Waals surface area contributed by atoms with Gasteiger partial charge in [0.25, 0.3) is 0 Å². The Kier molecular flexibility index (Phi) is 2.83. The lowest BCUT2D eigenvalue weighted by atomic mass is 9.88. The molecule has 0 fully saturated rings. The standard InChI is InChI=1S/C14H21N/c1-9(2)11-5-6-12(10(3)4)14-8-15-7-13(11)14/h5-6,9-10,15H,7-8H2,1-4H3. The first-order chi connectivity index (χ1) is 7.11. The van der Waals surface area contributed by atoms with Crippen LogP contribution in [0.5, 0.6) is 0 Å². The van der Waals surface area contributed by atoms with Gasteiger partial charge in [-0.2, -0.15) is 0 Å². The van der Waals surface area contributed by atoms with Gasteiger partial charge in [-0.3, -0.25) is 0 Å². The molecule has 0 aromatic heterocycles. The van der Waals surface area contributed by atoms with Crippen molar-refractivity contribution in [1.29, 1.82) is 0 Å². The SMILES string of the molecule is CC(C)c1ccc(C(C)C)c2c1CNC2. The molecule has 0 amide bonds. The summed E-state index contributed by atoms with van der Waals surface area (Å²) in [5, 5.41) is 3.48. The Labute approximate surface area is 92.9 Å². The largest absolute Gasteiger partial charge is 0.309 e. The van der Waals surface area contributed by atoms with Crippen LogP contribution < -0.4 is 5.32 Å². The maximum atomic E-state index is 3.48. The molecule has 0 unspecified atom stereocenters. The fourth-order valence-corrected chi connectivity index (χ4v) is 2.54. The zero-order valence-electron chi connectivity index (χ0n) is 10.2. The Morgan fingerprint density at radius 2 is 1.27 bits per heavy atom. The Balaban J connectivity index is 2.54. The van der Waals surface area contributed by atoms with Gasteiger partial charge in [-0.25, -0.2) is 0 Å². The highest BCUT2D eigenvalue weighted by Crippen LogP contribution is 2.31. The summed E-state index contributed by atoms with van der Waals surface area (Å²) in [7, 11) is 0. The molecule has 0 atom stereocenters. The quantitative estimate of drug-likeness (QED) is 0.775. The molecule has 0 spiro atoms. The summed E-state index contributed by atoms with van der Waals surface area (Å²) in [6, 6.07) is 4.65. The van der Waals surface area contributed by atoms with Gasteiger partial charge < -0.3 is 5.32 Å². The summed E-state index contributed by atoms with van der Waals surface area (Å²) in [6.07, 6.45) is 0. The van der Waals surface area contributed by atoms with Crippen molar-refractivity contribution in [3.63, 3.8) is 0 Å². The van der Waals surface area contributed by atoms with Crippen molar-refractivity contribution in [1.82, 2.24) is 5.32 Å². The molecule has 1 aromatic carbocycles. The van der Waals surface area contributed by atoms with Gasteiger partial charge in [0, 0.05) is 13.1 Å². The lowest BCUT2D eigenvalue weighted by molar-refractivity contribution is 0.749. The number of rotatable bonds is 2. The normalized spacial score (nSPS) is 15.1. The fraction of sp³-hybridized carbons (Fsp3) is 0.571. The predicted molar refractivity (Wildman–Crippen MR) is 65.2 cm³/mol. The minimum atomic E-state index is 0.639. The third-order valence-corrected chi connectivity index (χ3v) is 3.35. The zero-order valence-corrected chi connectivity index (χ0v) is 10.2. The molecule has 1 nitrogen and oxygen atoms in total. The van der Waals surface area contributed by atoms with Gasteiger partial charge >= 0.3 is 0 Å². The molecular formula is C14H21N. The minimum absolute atomic E-state index is 0.639. The van der Waals surface area contributed by atoms with Crippen LogP contribution in [0.3, 0.4) is 0 Å². The molecule has 1 aromatic rings. The van der Waals surface area contributed by atoms with Gasteiger partial charge in [-0.05, 0) is 34.1 Å². The smallest absolute Gasteiger partial charge is 0.0214 e. The summed E-state index contributed by atoms with van der Waals surface area (Å²) in [5.74, 6) is 1.28. The van der Waals surface area contributed by atoms with E-state index in [0.29, 0.717) is 11.8 Å². The highest BCUT2D eigenvalue weighted by atomic mass is 14.9. The van der Waals surface area contributed by atoms with Crippen LogP contribution in [-0.4, -0.2) is 0 Å². The first kappa shape index (κ1) is 10.7. The van der Waals surface area contributed by atoms with E-state index in [4.69, 9.17) is 0 Å². The molecule has 0 saturated carbocycles. The molecule has 1 aliphatic rings. The molecule has 1 aliphatic heterocycles. The Morgan fingerprint density at radius 1 is 0.867 bits per heavy atom. The van der Waals surface area contributed by atoms with Gasteiger partial charge in [-0.15, -0.1) is 0 Å². The molecule has 0 radical (unpaired) electrons. The third-order valence-electron chi connectivity index (χ3n) is 3.35. The summed E-state index contributed by atoms with van der Waals surface area (Å²) in [6.45, 7) is 11.2. The highest BCUT2D eigenvalue weighted by Gasteiger charge is 2.20. The van der Waals surface area contributed by atoms with E-state index in [1.807, 2.05) is 0 Å². The Bertz CT molecular complexity index is 329. The summed E-state index contributed by atoms with van der Waals surface area (Å²) < 4.78 is 0. The van der Waals surface area contributed by atoms with E-state index in [2.05, 4.69) is 45.1 Å². The fourth-order valence-electron chi connectivity index (χ4n) is 2.54. The van der Waals surface area contributed by atoms with Crippen molar-refractivity contribution >= 4 is 0 Å². The van der Waals surface area contributed by atoms with Crippen LogP contribution in [0, 0.1) is 0 Å². The van der Waals surface area contributed by atoms with Crippen molar-refractivity contribution in [3.8, 4) is 0 Å². The number of hydrogen-bond acceptors (Lipinski definition) is 1. The molecule has 0 saturated heterocycles. The average molecular weight is 203 g/mol. The number of benzene rings is 1. The van der Waals surface area contributed by atoms with Crippen LogP contribution in [0.4, 0.5) is 0 Å². The van der Waals surface area contributed by atoms with Crippen LogP contribution in [0.1, 0.15) is 61.8 Å². The van der Waals surface area contributed by atoms with Crippen molar-refractivity contribution < 1.29 is 0 Å². The molecule has 15 heavy (non-hydrogen) atoms. The second kappa shape index (κ2) is 3.97. The second-order valence-corrected chi connectivity index (χ2v) is 5.11. The van der Waals surface area contributed by atoms with E-state index in [9.17, 15) is 0 Å². The predicted octanol–water partition coefficient (Wildman–Crippen LogP) is 3.54. The Hall–Kier alpha value is -0.820. The van der Waals surface area contributed by atoms with Crippen LogP contribution in [-0.2, 0) is 13.1 Å². The van der Waals surface area contributed by atoms with Crippen LogP contribution in [0.15, 0.2) is 12.1 Å². The Morgan fingerprint density at radius 3 is 1.60 bits per heavy atom. The molecular weight excluding hydrogens is 182 g/mol. The van der Waals surface area contributed by atoms with Gasteiger partial charge in [0.15, 0.2) is 0 Å². The third kappa shape index (κ3) is 1.81. The lowest BCUT2D eigenvalue weighted by Crippen LogP contribution is -2.01. The maximum absolute atomic E-state index is 3.48. The number of nitrogens with one attached hydrogen (secondary N) is 1. The van der Waals surface area contributed by atoms with Crippen molar-refractivity contribution in [2.24, 2.45) is 0 Å². The highest BCUT2D eigenvalue weighted by molar-refractivity contribution is 5.45. The lowest BCUT2D eigenvalue weighted by Gasteiger charge is -2.16. The van der Waals surface area contributed by atoms with Crippen LogP contribution in [0.2, 0.25) is 0 Å². The van der Waals surface area contributed by atoms with Crippen molar-refractivity contribution in [2.75, 3.05) is 0 Å². The molecule has 0 aliphatic carbocycles. The van der Waals surface area contributed by atoms with E-state index >= 15 is 0 Å². The first-order valence-corrected chi connectivity index (χ1v) is 5.96. The number of hydrogen-bond donors (Lipinski definition) is 1. The second-order valence-electron chi connectivity index (χ2n) is 5.11. The summed E-state index contributed by atoms with van der Waals surface area (Å²) in [5.41, 5.74) is 6.19. The monoisotopic (exact) mass is 203 g/mol. The van der Waals surface area contributed by atoms with Crippen molar-refractivity contribution in [2.45, 2.75) is 52.6 Å². The van der Waals surface area contributed by atoms with Crippen LogP contribution >= 0.6 is 0 Å². The molecule has 1 heterocycles. The summed E-state index contributed by atoms with van der Waals surface area (Å²) >= 11 is 0. The van der Waals surface area contributed by atoms with Gasteiger partial charge in [0.2, 0.25) is 0 Å². The van der Waals surface area contributed by atoms with Crippen LogP contribution in [0.25, 0.3) is 0 Å². The number of fused-ring (bicyclic) bond motifs is 1. The van der Waals surface area contributed by atoms with E-state index < -0.39 is 0 Å². The van der Waals surface area contributed by atoms with E-state index in [-0.39, 0.29) is 0 Å². The maximum Gasteiger partial charge on any atom is 0.0214 e. The molecule has 82 valence electrons. The minimum Gasteiger partial charge on any atom is -0.309 e. The topological polar surface area (TPSA) is 12.0 Å². The molecule has 0 bridgehead atoms. The van der Waals surface area contributed by atoms with Gasteiger partial charge in [0.1, 0.15) is 0 Å². The molecule has 1 N–H and O–H groups in total. The molecule has 2 rings (SSSR count). The van der Waals surface area contributed by atoms with E-state index in [1.165, 1.54) is 11.1 Å². The van der Waals surface area contributed by atoms with Gasteiger partial charge in [-0.1, -0.05) is 39.8 Å².